The van der Waals surface area contributed by atoms with Gasteiger partial charge in [0.1, 0.15) is 18.4 Å². The number of hydrogen-bond donors (Lipinski definition) is 1. The van der Waals surface area contributed by atoms with Gasteiger partial charge < -0.3 is 10.1 Å². The Labute approximate surface area is 147 Å². The van der Waals surface area contributed by atoms with Crippen molar-refractivity contribution in [1.82, 2.24) is 15.1 Å². The number of ether oxygens (including phenoxy) is 1. The highest BCUT2D eigenvalue weighted by atomic mass is 16.5. The molecule has 5 nitrogen and oxygen atoms in total. The van der Waals surface area contributed by atoms with Gasteiger partial charge in [-0.05, 0) is 36.2 Å². The van der Waals surface area contributed by atoms with Gasteiger partial charge in [0.05, 0.1) is 0 Å². The zero-order valence-electron chi connectivity index (χ0n) is 14.1. The smallest absolute Gasteiger partial charge is 0.244 e. The Morgan fingerprint density at radius 3 is 2.52 bits per heavy atom. The third kappa shape index (κ3) is 4.70. The van der Waals surface area contributed by atoms with E-state index in [0.29, 0.717) is 13.2 Å². The molecule has 5 heteroatoms. The van der Waals surface area contributed by atoms with Gasteiger partial charge in [0.15, 0.2) is 0 Å². The van der Waals surface area contributed by atoms with E-state index in [1.54, 1.807) is 23.1 Å². The Kier molecular flexibility index (Phi) is 5.46. The van der Waals surface area contributed by atoms with Crippen molar-refractivity contribution in [3.8, 4) is 5.75 Å². The summed E-state index contributed by atoms with van der Waals surface area (Å²) in [6.45, 7) is 2.84. The van der Waals surface area contributed by atoms with E-state index in [-0.39, 0.29) is 11.9 Å². The first kappa shape index (κ1) is 16.8. The molecule has 0 radical (unpaired) electrons. The second-order valence-corrected chi connectivity index (χ2v) is 5.80. The van der Waals surface area contributed by atoms with Gasteiger partial charge in [-0.2, -0.15) is 5.10 Å². The third-order valence-electron chi connectivity index (χ3n) is 3.94. The fourth-order valence-corrected chi connectivity index (χ4v) is 2.41. The van der Waals surface area contributed by atoms with Crippen LogP contribution in [0.2, 0.25) is 0 Å². The Hall–Kier alpha value is -3.08. The maximum absolute atomic E-state index is 12.1. The molecule has 1 unspecified atom stereocenters. The standard InChI is InChI=1S/C20H21N3O2/c1-16(23-13-5-12-22-23)20(24)21-14-17-8-10-19(11-9-17)25-15-18-6-3-2-4-7-18/h2-13,16H,14-15H2,1H3,(H,21,24). The van der Waals surface area contributed by atoms with Gasteiger partial charge in [0.2, 0.25) is 5.91 Å². The van der Waals surface area contributed by atoms with Gasteiger partial charge in [-0.25, -0.2) is 0 Å². The Morgan fingerprint density at radius 1 is 1.08 bits per heavy atom. The Bertz CT molecular complexity index is 784. The summed E-state index contributed by atoms with van der Waals surface area (Å²) in [7, 11) is 0. The molecule has 1 amide bonds. The minimum Gasteiger partial charge on any atom is -0.489 e. The molecule has 0 bridgehead atoms. The maximum atomic E-state index is 12.1. The molecule has 1 atom stereocenters. The second kappa shape index (κ2) is 8.15. The van der Waals surface area contributed by atoms with Crippen LogP contribution in [0.15, 0.2) is 73.1 Å². The summed E-state index contributed by atoms with van der Waals surface area (Å²) < 4.78 is 7.40. The molecule has 128 valence electrons. The molecule has 3 aromatic rings. The molecule has 1 heterocycles. The Balaban J connectivity index is 1.48. The summed E-state index contributed by atoms with van der Waals surface area (Å²) in [5.74, 6) is 0.747. The quantitative estimate of drug-likeness (QED) is 0.720. The van der Waals surface area contributed by atoms with Gasteiger partial charge >= 0.3 is 0 Å². The summed E-state index contributed by atoms with van der Waals surface area (Å²) >= 11 is 0. The van der Waals surface area contributed by atoms with Gasteiger partial charge in [0, 0.05) is 18.9 Å². The molecule has 0 spiro atoms. The molecule has 0 aliphatic heterocycles. The minimum atomic E-state index is -0.330. The van der Waals surface area contributed by atoms with Crippen LogP contribution >= 0.6 is 0 Å². The average molecular weight is 335 g/mol. The fraction of sp³-hybridized carbons (Fsp3) is 0.200. The highest BCUT2D eigenvalue weighted by Gasteiger charge is 2.14. The number of aromatic nitrogens is 2. The molecular weight excluding hydrogens is 314 g/mol. The summed E-state index contributed by atoms with van der Waals surface area (Å²) in [6, 6.07) is 19.3. The van der Waals surface area contributed by atoms with E-state index >= 15 is 0 Å². The molecule has 0 aliphatic carbocycles. The van der Waals surface area contributed by atoms with E-state index in [2.05, 4.69) is 10.4 Å². The number of amides is 1. The number of carbonyl (C=O) groups excluding carboxylic acids is 1. The van der Waals surface area contributed by atoms with Crippen molar-refractivity contribution < 1.29 is 9.53 Å². The summed E-state index contributed by atoms with van der Waals surface area (Å²) in [5, 5.41) is 7.01. The van der Waals surface area contributed by atoms with Crippen LogP contribution in [0.3, 0.4) is 0 Å². The Morgan fingerprint density at radius 2 is 1.84 bits per heavy atom. The molecule has 1 N–H and O–H groups in total. The average Bonchev–Trinajstić information content (AvgIpc) is 3.20. The summed E-state index contributed by atoms with van der Waals surface area (Å²) in [6.07, 6.45) is 3.45. The zero-order chi connectivity index (χ0) is 17.5. The maximum Gasteiger partial charge on any atom is 0.244 e. The molecule has 0 aliphatic rings. The molecule has 25 heavy (non-hydrogen) atoms. The highest BCUT2D eigenvalue weighted by Crippen LogP contribution is 2.14. The van der Waals surface area contributed by atoms with Crippen LogP contribution in [0.1, 0.15) is 24.1 Å². The normalized spacial score (nSPS) is 11.7. The van der Waals surface area contributed by atoms with E-state index in [9.17, 15) is 4.79 Å². The number of benzene rings is 2. The largest absolute Gasteiger partial charge is 0.489 e. The van der Waals surface area contributed by atoms with Crippen LogP contribution < -0.4 is 10.1 Å². The van der Waals surface area contributed by atoms with Crippen molar-refractivity contribution >= 4 is 5.91 Å². The van der Waals surface area contributed by atoms with Gasteiger partial charge in [-0.3, -0.25) is 9.48 Å². The van der Waals surface area contributed by atoms with E-state index in [4.69, 9.17) is 4.74 Å². The lowest BCUT2D eigenvalue weighted by atomic mass is 10.2. The monoisotopic (exact) mass is 335 g/mol. The molecule has 0 fully saturated rings. The van der Waals surface area contributed by atoms with Crippen LogP contribution in [0.4, 0.5) is 0 Å². The zero-order valence-corrected chi connectivity index (χ0v) is 14.1. The minimum absolute atomic E-state index is 0.0619. The SMILES string of the molecule is CC(C(=O)NCc1ccc(OCc2ccccc2)cc1)n1cccn1. The van der Waals surface area contributed by atoms with Crippen molar-refractivity contribution in [3.05, 3.63) is 84.2 Å². The fourth-order valence-electron chi connectivity index (χ4n) is 2.41. The summed E-state index contributed by atoms with van der Waals surface area (Å²) in [4.78, 5) is 12.1. The first-order valence-electron chi connectivity index (χ1n) is 8.25. The summed E-state index contributed by atoms with van der Waals surface area (Å²) in [5.41, 5.74) is 2.15. The van der Waals surface area contributed by atoms with Crippen LogP contribution in [0.25, 0.3) is 0 Å². The number of carbonyl (C=O) groups is 1. The lowest BCUT2D eigenvalue weighted by Gasteiger charge is -2.13. The predicted molar refractivity (Wildman–Crippen MR) is 96.0 cm³/mol. The molecule has 0 saturated heterocycles. The first-order chi connectivity index (χ1) is 12.2. The van der Waals surface area contributed by atoms with Gasteiger partial charge in [-0.15, -0.1) is 0 Å². The van der Waals surface area contributed by atoms with Crippen molar-refractivity contribution in [3.63, 3.8) is 0 Å². The first-order valence-corrected chi connectivity index (χ1v) is 8.25. The number of nitrogens with one attached hydrogen (secondary N) is 1. The molecule has 1 aromatic heterocycles. The van der Waals surface area contributed by atoms with Crippen LogP contribution in [0.5, 0.6) is 5.75 Å². The van der Waals surface area contributed by atoms with Crippen molar-refractivity contribution in [2.75, 3.05) is 0 Å². The van der Waals surface area contributed by atoms with Crippen molar-refractivity contribution in [2.45, 2.75) is 26.1 Å². The number of nitrogens with zero attached hydrogens (tertiary/aromatic N) is 2. The van der Waals surface area contributed by atoms with E-state index in [1.165, 1.54) is 0 Å². The topological polar surface area (TPSA) is 56.1 Å². The van der Waals surface area contributed by atoms with Crippen LogP contribution in [-0.2, 0) is 17.9 Å². The second-order valence-electron chi connectivity index (χ2n) is 5.80. The van der Waals surface area contributed by atoms with Gasteiger partial charge in [0.25, 0.3) is 0 Å². The number of rotatable bonds is 7. The molecule has 0 saturated carbocycles. The molecule has 3 rings (SSSR count). The molecular formula is C20H21N3O2. The number of hydrogen-bond acceptors (Lipinski definition) is 3. The lowest BCUT2D eigenvalue weighted by Crippen LogP contribution is -2.30. The van der Waals surface area contributed by atoms with E-state index in [1.807, 2.05) is 61.5 Å². The molecule has 2 aromatic carbocycles. The van der Waals surface area contributed by atoms with E-state index < -0.39 is 0 Å². The third-order valence-corrected chi connectivity index (χ3v) is 3.94. The van der Waals surface area contributed by atoms with Crippen LogP contribution in [0, 0.1) is 0 Å². The van der Waals surface area contributed by atoms with Crippen molar-refractivity contribution in [1.29, 1.82) is 0 Å². The predicted octanol–water partition coefficient (Wildman–Crippen LogP) is 3.34. The highest BCUT2D eigenvalue weighted by molar-refractivity contribution is 5.79. The van der Waals surface area contributed by atoms with Gasteiger partial charge in [-0.1, -0.05) is 42.5 Å². The van der Waals surface area contributed by atoms with Crippen LogP contribution in [-0.4, -0.2) is 15.7 Å². The lowest BCUT2D eigenvalue weighted by molar-refractivity contribution is -0.124. The van der Waals surface area contributed by atoms with Crippen molar-refractivity contribution in [2.24, 2.45) is 0 Å². The van der Waals surface area contributed by atoms with E-state index in [0.717, 1.165) is 16.9 Å².